The van der Waals surface area contributed by atoms with Gasteiger partial charge in [-0.05, 0) is 35.0 Å². The molecule has 124 valence electrons. The van der Waals surface area contributed by atoms with E-state index in [0.29, 0.717) is 26.8 Å². The highest BCUT2D eigenvalue weighted by molar-refractivity contribution is 9.10. The largest absolute Gasteiger partial charge is 0.338 e. The highest BCUT2D eigenvalue weighted by Crippen LogP contribution is 2.32. The van der Waals surface area contributed by atoms with Crippen molar-refractivity contribution in [1.29, 1.82) is 0 Å². The molecule has 0 aliphatic rings. The molecule has 2 aromatic heterocycles. The molecule has 0 fully saturated rings. The van der Waals surface area contributed by atoms with Crippen LogP contribution < -0.4 is 16.6 Å². The lowest BCUT2D eigenvalue weighted by molar-refractivity contribution is 0.705. The van der Waals surface area contributed by atoms with Crippen molar-refractivity contribution in [3.8, 4) is 0 Å². The first-order valence-electron chi connectivity index (χ1n) is 6.96. The van der Waals surface area contributed by atoms with Gasteiger partial charge < -0.3 is 5.32 Å². The summed E-state index contributed by atoms with van der Waals surface area (Å²) in [4.78, 5) is 33.2. The van der Waals surface area contributed by atoms with Gasteiger partial charge in [0, 0.05) is 18.6 Å². The molecule has 2 heterocycles. The summed E-state index contributed by atoms with van der Waals surface area (Å²) in [6.45, 7) is 1.69. The predicted octanol–water partition coefficient (Wildman–Crippen LogP) is 2.50. The van der Waals surface area contributed by atoms with Crippen LogP contribution in [0.15, 0.2) is 32.3 Å². The van der Waals surface area contributed by atoms with Gasteiger partial charge in [0.05, 0.1) is 10.7 Å². The molecule has 0 bridgehead atoms. The third kappa shape index (κ3) is 2.61. The average Bonchev–Trinajstić information content (AvgIpc) is 2.54. The molecule has 0 radical (unpaired) electrons. The molecule has 3 rings (SSSR count). The second kappa shape index (κ2) is 6.03. The van der Waals surface area contributed by atoms with Gasteiger partial charge in [-0.25, -0.2) is 14.8 Å². The van der Waals surface area contributed by atoms with Gasteiger partial charge in [0.2, 0.25) is 0 Å². The maximum atomic E-state index is 12.6. The van der Waals surface area contributed by atoms with E-state index < -0.39 is 11.2 Å². The molecule has 3 aromatic rings. The van der Waals surface area contributed by atoms with Crippen LogP contribution in [0, 0.1) is 6.92 Å². The van der Waals surface area contributed by atoms with Gasteiger partial charge in [-0.15, -0.1) is 0 Å². The Bertz CT molecular complexity index is 1090. The number of nitrogens with one attached hydrogen (secondary N) is 1. The van der Waals surface area contributed by atoms with E-state index in [-0.39, 0.29) is 11.0 Å². The number of fused-ring (bicyclic) bond motifs is 1. The Labute approximate surface area is 150 Å². The quantitative estimate of drug-likeness (QED) is 0.702. The number of rotatable bonds is 2. The summed E-state index contributed by atoms with van der Waals surface area (Å²) >= 11 is 9.63. The van der Waals surface area contributed by atoms with Crippen molar-refractivity contribution in [1.82, 2.24) is 19.1 Å². The molecule has 9 heteroatoms. The minimum atomic E-state index is -0.471. The van der Waals surface area contributed by atoms with Crippen molar-refractivity contribution in [3.05, 3.63) is 54.4 Å². The number of anilines is 2. The van der Waals surface area contributed by atoms with E-state index >= 15 is 0 Å². The second-order valence-corrected chi connectivity index (χ2v) is 6.48. The van der Waals surface area contributed by atoms with E-state index in [1.807, 2.05) is 6.07 Å². The maximum absolute atomic E-state index is 12.6. The maximum Gasteiger partial charge on any atom is 0.332 e. The van der Waals surface area contributed by atoms with E-state index in [1.165, 1.54) is 11.6 Å². The number of hydrogen-bond donors (Lipinski definition) is 1. The normalized spacial score (nSPS) is 11.0. The standard InChI is InChI=1S/C15H13BrClN5O2/c1-7-18-12(20-9-6-4-5-8(16)11(9)17)10-13(19-7)21(2)15(24)22(3)14(10)23/h4-6H,1-3H3,(H,18,19,20). The van der Waals surface area contributed by atoms with Crippen molar-refractivity contribution in [2.75, 3.05) is 5.32 Å². The summed E-state index contributed by atoms with van der Waals surface area (Å²) in [5, 5.41) is 3.75. The number of nitrogens with zero attached hydrogens (tertiary/aromatic N) is 4. The Kier molecular flexibility index (Phi) is 4.18. The first-order valence-corrected chi connectivity index (χ1v) is 8.13. The fourth-order valence-corrected chi connectivity index (χ4v) is 2.93. The molecule has 0 unspecified atom stereocenters. The minimum Gasteiger partial charge on any atom is -0.338 e. The zero-order chi connectivity index (χ0) is 17.6. The number of hydrogen-bond acceptors (Lipinski definition) is 5. The Morgan fingerprint density at radius 3 is 2.58 bits per heavy atom. The van der Waals surface area contributed by atoms with Crippen molar-refractivity contribution < 1.29 is 0 Å². The molecule has 0 atom stereocenters. The molecule has 0 spiro atoms. The lowest BCUT2D eigenvalue weighted by atomic mass is 10.3. The topological polar surface area (TPSA) is 81.8 Å². The number of aryl methyl sites for hydroxylation is 2. The van der Waals surface area contributed by atoms with Crippen LogP contribution in [0.1, 0.15) is 5.82 Å². The van der Waals surface area contributed by atoms with Crippen molar-refractivity contribution in [2.24, 2.45) is 14.1 Å². The Hall–Kier alpha value is -2.19. The van der Waals surface area contributed by atoms with E-state index in [9.17, 15) is 9.59 Å². The first-order chi connectivity index (χ1) is 11.3. The molecule has 0 aliphatic heterocycles. The molecule has 1 N–H and O–H groups in total. The van der Waals surface area contributed by atoms with E-state index in [2.05, 4.69) is 31.2 Å². The molecule has 0 aliphatic carbocycles. The minimum absolute atomic E-state index is 0.223. The third-order valence-electron chi connectivity index (χ3n) is 3.62. The van der Waals surface area contributed by atoms with Gasteiger partial charge in [0.1, 0.15) is 17.0 Å². The van der Waals surface area contributed by atoms with Gasteiger partial charge in [0.25, 0.3) is 5.56 Å². The summed E-state index contributed by atoms with van der Waals surface area (Å²) < 4.78 is 3.05. The summed E-state index contributed by atoms with van der Waals surface area (Å²) in [6, 6.07) is 5.38. The van der Waals surface area contributed by atoms with E-state index in [1.54, 1.807) is 26.1 Å². The lowest BCUT2D eigenvalue weighted by Crippen LogP contribution is -2.37. The van der Waals surface area contributed by atoms with E-state index in [0.717, 1.165) is 4.57 Å². The second-order valence-electron chi connectivity index (χ2n) is 5.25. The molecule has 0 saturated carbocycles. The molecule has 0 amide bonds. The Morgan fingerprint density at radius 1 is 1.17 bits per heavy atom. The molecule has 7 nitrogen and oxygen atoms in total. The number of aromatic nitrogens is 4. The van der Waals surface area contributed by atoms with E-state index in [4.69, 9.17) is 11.6 Å². The first kappa shape index (κ1) is 16.7. The van der Waals surface area contributed by atoms with Crippen LogP contribution in [0.4, 0.5) is 11.5 Å². The summed E-state index contributed by atoms with van der Waals surface area (Å²) in [5.74, 6) is 0.730. The van der Waals surface area contributed by atoms with Gasteiger partial charge in [-0.2, -0.15) is 0 Å². The van der Waals surface area contributed by atoms with Crippen molar-refractivity contribution in [3.63, 3.8) is 0 Å². The summed E-state index contributed by atoms with van der Waals surface area (Å²) in [7, 11) is 2.98. The van der Waals surface area contributed by atoms with Gasteiger partial charge in [-0.3, -0.25) is 13.9 Å². The van der Waals surface area contributed by atoms with Crippen LogP contribution in [-0.4, -0.2) is 19.1 Å². The SMILES string of the molecule is Cc1nc(Nc2cccc(Br)c2Cl)c2c(=O)n(C)c(=O)n(C)c2n1. The zero-order valence-corrected chi connectivity index (χ0v) is 15.4. The monoisotopic (exact) mass is 409 g/mol. The van der Waals surface area contributed by atoms with Gasteiger partial charge >= 0.3 is 5.69 Å². The van der Waals surface area contributed by atoms with Crippen LogP contribution in [0.5, 0.6) is 0 Å². The summed E-state index contributed by atoms with van der Waals surface area (Å²) in [5.41, 5.74) is -0.0654. The number of halogens is 2. The van der Waals surface area contributed by atoms with Crippen LogP contribution in [0.2, 0.25) is 5.02 Å². The van der Waals surface area contributed by atoms with Crippen LogP contribution in [0.3, 0.4) is 0 Å². The highest BCUT2D eigenvalue weighted by Gasteiger charge is 2.17. The van der Waals surface area contributed by atoms with Crippen LogP contribution in [0.25, 0.3) is 11.0 Å². The zero-order valence-electron chi connectivity index (χ0n) is 13.1. The smallest absolute Gasteiger partial charge is 0.332 e. The van der Waals surface area contributed by atoms with Crippen molar-refractivity contribution >= 4 is 50.1 Å². The molecule has 0 saturated heterocycles. The predicted molar refractivity (Wildman–Crippen MR) is 97.2 cm³/mol. The fourth-order valence-electron chi connectivity index (χ4n) is 2.39. The fraction of sp³-hybridized carbons (Fsp3) is 0.200. The lowest BCUT2D eigenvalue weighted by Gasteiger charge is -2.13. The molecule has 24 heavy (non-hydrogen) atoms. The summed E-state index contributed by atoms with van der Waals surface area (Å²) in [6.07, 6.45) is 0. The Balaban J connectivity index is 2.35. The molecule has 1 aromatic carbocycles. The van der Waals surface area contributed by atoms with Crippen molar-refractivity contribution in [2.45, 2.75) is 6.92 Å². The van der Waals surface area contributed by atoms with Crippen LogP contribution >= 0.6 is 27.5 Å². The molecular formula is C15H13BrClN5O2. The van der Waals surface area contributed by atoms with Gasteiger partial charge in [-0.1, -0.05) is 17.7 Å². The van der Waals surface area contributed by atoms with Gasteiger partial charge in [0.15, 0.2) is 5.65 Å². The molecular weight excluding hydrogens is 398 g/mol. The Morgan fingerprint density at radius 2 is 1.88 bits per heavy atom. The van der Waals surface area contributed by atoms with Crippen LogP contribution in [-0.2, 0) is 14.1 Å². The number of benzene rings is 1. The third-order valence-corrected chi connectivity index (χ3v) is 4.91. The average molecular weight is 411 g/mol. The highest BCUT2D eigenvalue weighted by atomic mass is 79.9.